The molecule has 0 aliphatic heterocycles. The van der Waals surface area contributed by atoms with Gasteiger partial charge in [0.15, 0.2) is 0 Å². The molecule has 0 aliphatic rings. The molecule has 0 atom stereocenters. The van der Waals surface area contributed by atoms with Crippen LogP contribution in [0.5, 0.6) is 0 Å². The van der Waals surface area contributed by atoms with E-state index in [-0.39, 0.29) is 11.1 Å². The summed E-state index contributed by atoms with van der Waals surface area (Å²) in [6, 6.07) is 8.92. The molecule has 20 heavy (non-hydrogen) atoms. The summed E-state index contributed by atoms with van der Waals surface area (Å²) in [7, 11) is 0. The van der Waals surface area contributed by atoms with Crippen molar-refractivity contribution in [1.29, 1.82) is 0 Å². The molecule has 1 aromatic carbocycles. The summed E-state index contributed by atoms with van der Waals surface area (Å²) in [4.78, 5) is 18.9. The number of aromatic nitrogens is 2. The minimum absolute atomic E-state index is 0.0802. The summed E-state index contributed by atoms with van der Waals surface area (Å²) in [5, 5.41) is 2.83. The van der Waals surface area contributed by atoms with Crippen LogP contribution < -0.4 is 5.32 Å². The number of halogens is 1. The quantitative estimate of drug-likeness (QED) is 0.773. The number of rotatable bonds is 3. The van der Waals surface area contributed by atoms with Crippen LogP contribution in [0, 0.1) is 0 Å². The molecule has 2 N–H and O–H groups in total. The molecule has 0 radical (unpaired) electrons. The van der Waals surface area contributed by atoms with Crippen LogP contribution in [0.2, 0.25) is 5.22 Å². The fourth-order valence-corrected chi connectivity index (χ4v) is 2.00. The third-order valence-electron chi connectivity index (χ3n) is 2.81. The van der Waals surface area contributed by atoms with E-state index in [0.717, 1.165) is 11.3 Å². The van der Waals surface area contributed by atoms with E-state index < -0.39 is 0 Å². The number of nitrogens with zero attached hydrogens (tertiary/aromatic N) is 1. The summed E-state index contributed by atoms with van der Waals surface area (Å²) in [5.74, 6) is -0.307. The molecule has 0 unspecified atom stereocenters. The third kappa shape index (κ3) is 2.44. The molecular formula is C14H10ClN3O2. The maximum Gasteiger partial charge on any atom is 0.260 e. The highest BCUT2D eigenvalue weighted by atomic mass is 35.5. The van der Waals surface area contributed by atoms with Crippen LogP contribution in [0.15, 0.2) is 53.5 Å². The predicted molar refractivity (Wildman–Crippen MR) is 75.7 cm³/mol. The molecule has 6 heteroatoms. The summed E-state index contributed by atoms with van der Waals surface area (Å²) >= 11 is 5.76. The zero-order valence-corrected chi connectivity index (χ0v) is 11.0. The van der Waals surface area contributed by atoms with Gasteiger partial charge < -0.3 is 14.7 Å². The number of H-pyrrole nitrogens is 1. The molecule has 2 aromatic heterocycles. The van der Waals surface area contributed by atoms with Gasteiger partial charge in [-0.2, -0.15) is 0 Å². The van der Waals surface area contributed by atoms with Crippen LogP contribution in [-0.2, 0) is 0 Å². The van der Waals surface area contributed by atoms with Crippen molar-refractivity contribution in [2.75, 3.05) is 5.32 Å². The molecule has 2 heterocycles. The Bertz CT molecular complexity index is 717. The van der Waals surface area contributed by atoms with Gasteiger partial charge in [-0.05, 0) is 35.4 Å². The Morgan fingerprint density at radius 1 is 1.25 bits per heavy atom. The maximum atomic E-state index is 11.9. The van der Waals surface area contributed by atoms with Gasteiger partial charge in [-0.25, -0.2) is 4.98 Å². The first-order chi connectivity index (χ1) is 9.74. The van der Waals surface area contributed by atoms with E-state index in [0.29, 0.717) is 11.3 Å². The Kier molecular flexibility index (Phi) is 3.26. The van der Waals surface area contributed by atoms with Crippen LogP contribution in [0.1, 0.15) is 10.4 Å². The van der Waals surface area contributed by atoms with E-state index in [4.69, 9.17) is 16.0 Å². The normalized spacial score (nSPS) is 10.4. The van der Waals surface area contributed by atoms with Gasteiger partial charge in [0.2, 0.25) is 5.22 Å². The van der Waals surface area contributed by atoms with Gasteiger partial charge in [-0.15, -0.1) is 0 Å². The first-order valence-corrected chi connectivity index (χ1v) is 6.25. The second kappa shape index (κ2) is 5.22. The van der Waals surface area contributed by atoms with Crippen molar-refractivity contribution in [3.63, 3.8) is 0 Å². The van der Waals surface area contributed by atoms with Crippen molar-refractivity contribution in [3.05, 3.63) is 59.9 Å². The van der Waals surface area contributed by atoms with Crippen molar-refractivity contribution in [2.24, 2.45) is 0 Å². The van der Waals surface area contributed by atoms with E-state index >= 15 is 0 Å². The molecule has 3 rings (SSSR count). The van der Waals surface area contributed by atoms with Crippen LogP contribution >= 0.6 is 11.6 Å². The standard InChI is InChI=1S/C14H10ClN3O2/c15-13-11(5-6-20-13)14(19)18-10-3-1-9(2-4-10)12-7-16-8-17-12/h1-8H,(H,16,17)(H,18,19). The topological polar surface area (TPSA) is 70.9 Å². The zero-order chi connectivity index (χ0) is 13.9. The fourth-order valence-electron chi connectivity index (χ4n) is 1.80. The number of carbonyl (C=O) groups is 1. The minimum atomic E-state index is -0.307. The lowest BCUT2D eigenvalue weighted by Crippen LogP contribution is -2.11. The average molecular weight is 288 g/mol. The highest BCUT2D eigenvalue weighted by Gasteiger charge is 2.13. The minimum Gasteiger partial charge on any atom is -0.452 e. The van der Waals surface area contributed by atoms with Crippen molar-refractivity contribution >= 4 is 23.2 Å². The summed E-state index contributed by atoms with van der Waals surface area (Å²) < 4.78 is 4.88. The van der Waals surface area contributed by atoms with E-state index in [9.17, 15) is 4.79 Å². The van der Waals surface area contributed by atoms with E-state index in [2.05, 4.69) is 15.3 Å². The van der Waals surface area contributed by atoms with Crippen LogP contribution in [0.4, 0.5) is 5.69 Å². The summed E-state index contributed by atoms with van der Waals surface area (Å²) in [6.07, 6.45) is 4.73. The molecule has 0 fully saturated rings. The van der Waals surface area contributed by atoms with Crippen molar-refractivity contribution in [3.8, 4) is 11.3 Å². The Hall–Kier alpha value is -2.53. The molecule has 0 saturated heterocycles. The van der Waals surface area contributed by atoms with Crippen LogP contribution in [0.25, 0.3) is 11.3 Å². The second-order valence-corrected chi connectivity index (χ2v) is 4.45. The maximum absolute atomic E-state index is 11.9. The molecule has 100 valence electrons. The fraction of sp³-hybridized carbons (Fsp3) is 0. The number of carbonyl (C=O) groups excluding carboxylic acids is 1. The molecule has 5 nitrogen and oxygen atoms in total. The van der Waals surface area contributed by atoms with Gasteiger partial charge in [0, 0.05) is 5.69 Å². The van der Waals surface area contributed by atoms with Gasteiger partial charge in [0.05, 0.1) is 30.0 Å². The molecule has 0 spiro atoms. The zero-order valence-electron chi connectivity index (χ0n) is 10.3. The largest absolute Gasteiger partial charge is 0.452 e. The molecule has 0 saturated carbocycles. The second-order valence-electron chi connectivity index (χ2n) is 4.10. The molecular weight excluding hydrogens is 278 g/mol. The SMILES string of the molecule is O=C(Nc1ccc(-c2cnc[nH]2)cc1)c1ccoc1Cl. The predicted octanol–water partition coefficient (Wildman–Crippen LogP) is 3.58. The van der Waals surface area contributed by atoms with Gasteiger partial charge in [0.25, 0.3) is 5.91 Å². The average Bonchev–Trinajstić information content (AvgIpc) is 3.10. The van der Waals surface area contributed by atoms with E-state index in [1.165, 1.54) is 12.3 Å². The van der Waals surface area contributed by atoms with Crippen LogP contribution in [0.3, 0.4) is 0 Å². The van der Waals surface area contributed by atoms with Gasteiger partial charge in [-0.3, -0.25) is 4.79 Å². The number of nitrogens with one attached hydrogen (secondary N) is 2. The summed E-state index contributed by atoms with van der Waals surface area (Å²) in [6.45, 7) is 0. The van der Waals surface area contributed by atoms with Crippen LogP contribution in [-0.4, -0.2) is 15.9 Å². The molecule has 3 aromatic rings. The van der Waals surface area contributed by atoms with Gasteiger partial charge in [0.1, 0.15) is 0 Å². The number of furan rings is 1. The van der Waals surface area contributed by atoms with Crippen molar-refractivity contribution in [1.82, 2.24) is 9.97 Å². The first-order valence-electron chi connectivity index (χ1n) is 5.87. The van der Waals surface area contributed by atoms with Crippen molar-refractivity contribution < 1.29 is 9.21 Å². The molecule has 0 bridgehead atoms. The summed E-state index contributed by atoms with van der Waals surface area (Å²) in [5.41, 5.74) is 2.89. The number of aromatic amines is 1. The number of hydrogen-bond acceptors (Lipinski definition) is 3. The Balaban J connectivity index is 1.76. The lowest BCUT2D eigenvalue weighted by atomic mass is 10.1. The Morgan fingerprint density at radius 3 is 2.65 bits per heavy atom. The number of imidazole rings is 1. The number of hydrogen-bond donors (Lipinski definition) is 2. The smallest absolute Gasteiger partial charge is 0.260 e. The number of amides is 1. The molecule has 0 aliphatic carbocycles. The number of benzene rings is 1. The van der Waals surface area contributed by atoms with E-state index in [1.54, 1.807) is 12.5 Å². The first kappa shape index (κ1) is 12.5. The van der Waals surface area contributed by atoms with Gasteiger partial charge in [-0.1, -0.05) is 12.1 Å². The number of anilines is 1. The third-order valence-corrected chi connectivity index (χ3v) is 3.11. The highest BCUT2D eigenvalue weighted by Crippen LogP contribution is 2.21. The van der Waals surface area contributed by atoms with Gasteiger partial charge >= 0.3 is 0 Å². The highest BCUT2D eigenvalue weighted by molar-refractivity contribution is 6.32. The molecule has 1 amide bonds. The monoisotopic (exact) mass is 287 g/mol. The Labute approximate surface area is 119 Å². The Morgan fingerprint density at radius 2 is 2.05 bits per heavy atom. The lowest BCUT2D eigenvalue weighted by molar-refractivity contribution is 0.102. The van der Waals surface area contributed by atoms with Crippen molar-refractivity contribution in [2.45, 2.75) is 0 Å². The van der Waals surface area contributed by atoms with E-state index in [1.807, 2.05) is 24.3 Å². The lowest BCUT2D eigenvalue weighted by Gasteiger charge is -2.05.